The molecular weight excluding hydrogens is 380 g/mol. The van der Waals surface area contributed by atoms with E-state index in [-0.39, 0.29) is 17.5 Å². The zero-order chi connectivity index (χ0) is 20.1. The van der Waals surface area contributed by atoms with Gasteiger partial charge in [0.1, 0.15) is 5.75 Å². The highest BCUT2D eigenvalue weighted by molar-refractivity contribution is 7.89. The Hall–Kier alpha value is -2.39. The number of rotatable bonds is 6. The number of amides is 1. The minimum absolute atomic E-state index is 0.0490. The lowest BCUT2D eigenvalue weighted by Crippen LogP contribution is -2.37. The third kappa shape index (κ3) is 4.71. The van der Waals surface area contributed by atoms with Gasteiger partial charge >= 0.3 is 0 Å². The number of methoxy groups -OCH3 is 1. The van der Waals surface area contributed by atoms with Crippen LogP contribution in [0.5, 0.6) is 5.75 Å². The van der Waals surface area contributed by atoms with Crippen LogP contribution in [0.4, 0.5) is 0 Å². The molecule has 3 rings (SSSR count). The zero-order valence-electron chi connectivity index (χ0n) is 16.2. The molecule has 0 unspecified atom stereocenters. The van der Waals surface area contributed by atoms with Crippen LogP contribution in [0.1, 0.15) is 18.4 Å². The van der Waals surface area contributed by atoms with Crippen molar-refractivity contribution in [1.29, 1.82) is 0 Å². The summed E-state index contributed by atoms with van der Waals surface area (Å²) >= 11 is 0. The highest BCUT2D eigenvalue weighted by Crippen LogP contribution is 2.17. The average molecular weight is 407 g/mol. The van der Waals surface area contributed by atoms with Crippen molar-refractivity contribution in [3.63, 3.8) is 0 Å². The van der Waals surface area contributed by atoms with E-state index in [0.717, 1.165) is 11.3 Å². The highest BCUT2D eigenvalue weighted by atomic mass is 32.2. The monoisotopic (exact) mass is 406 g/mol. The van der Waals surface area contributed by atoms with Crippen LogP contribution >= 0.6 is 0 Å². The average Bonchev–Trinajstić information content (AvgIpc) is 2.99. The summed E-state index contributed by atoms with van der Waals surface area (Å²) in [7, 11) is -0.270. The molecule has 0 aliphatic carbocycles. The quantitative estimate of drug-likeness (QED) is 0.722. The Morgan fingerprint density at radius 2 is 1.89 bits per heavy atom. The van der Waals surface area contributed by atoms with Crippen molar-refractivity contribution in [3.05, 3.63) is 42.4 Å². The number of carbonyl (C=O) groups is 1. The number of sulfonamides is 1. The van der Waals surface area contributed by atoms with Crippen molar-refractivity contribution in [3.8, 4) is 5.75 Å². The van der Waals surface area contributed by atoms with Gasteiger partial charge in [-0.2, -0.15) is 4.31 Å². The Balaban J connectivity index is 1.56. The lowest BCUT2D eigenvalue weighted by Gasteiger charge is -2.21. The molecule has 0 N–H and O–H groups in total. The first kappa shape index (κ1) is 20.3. The van der Waals surface area contributed by atoms with E-state index in [9.17, 15) is 13.2 Å². The largest absolute Gasteiger partial charge is 0.497 e. The summed E-state index contributed by atoms with van der Waals surface area (Å²) in [5.41, 5.74) is 1.07. The number of nitrogens with zero attached hydrogens (tertiary/aromatic N) is 4. The van der Waals surface area contributed by atoms with Crippen LogP contribution in [0.2, 0.25) is 0 Å². The van der Waals surface area contributed by atoms with Gasteiger partial charge in [0.25, 0.3) is 10.0 Å². The fraction of sp³-hybridized carbons (Fsp3) is 0.474. The molecule has 8 nitrogen and oxygen atoms in total. The Morgan fingerprint density at radius 1 is 1.14 bits per heavy atom. The SMILES string of the molecule is COc1ccc(CCC(=O)N2CCCN(S(=O)(=O)c3cn(C)cn3)CC2)cc1. The molecule has 0 radical (unpaired) electrons. The number of imidazole rings is 1. The van der Waals surface area contributed by atoms with E-state index in [1.165, 1.54) is 16.8 Å². The van der Waals surface area contributed by atoms with Gasteiger partial charge in [-0.1, -0.05) is 12.1 Å². The minimum Gasteiger partial charge on any atom is -0.497 e. The molecule has 28 heavy (non-hydrogen) atoms. The van der Waals surface area contributed by atoms with Crippen LogP contribution in [-0.4, -0.2) is 66.4 Å². The summed E-state index contributed by atoms with van der Waals surface area (Å²) in [6.07, 6.45) is 4.63. The first-order chi connectivity index (χ1) is 13.4. The van der Waals surface area contributed by atoms with Gasteiger partial charge in [0.2, 0.25) is 5.91 Å². The molecular formula is C19H26N4O4S. The van der Waals surface area contributed by atoms with E-state index in [4.69, 9.17) is 4.74 Å². The second kappa shape index (κ2) is 8.74. The molecule has 0 spiro atoms. The van der Waals surface area contributed by atoms with Gasteiger partial charge in [0.15, 0.2) is 5.03 Å². The highest BCUT2D eigenvalue weighted by Gasteiger charge is 2.29. The van der Waals surface area contributed by atoms with Crippen molar-refractivity contribution in [1.82, 2.24) is 18.8 Å². The molecule has 0 bridgehead atoms. The maximum absolute atomic E-state index is 12.7. The topological polar surface area (TPSA) is 84.7 Å². The van der Waals surface area contributed by atoms with Crippen molar-refractivity contribution >= 4 is 15.9 Å². The van der Waals surface area contributed by atoms with E-state index in [1.54, 1.807) is 23.6 Å². The van der Waals surface area contributed by atoms with E-state index in [2.05, 4.69) is 4.98 Å². The van der Waals surface area contributed by atoms with E-state index in [0.29, 0.717) is 38.9 Å². The fourth-order valence-corrected chi connectivity index (χ4v) is 4.68. The van der Waals surface area contributed by atoms with Gasteiger partial charge < -0.3 is 14.2 Å². The Kier molecular flexibility index (Phi) is 6.35. The number of carbonyl (C=O) groups excluding carboxylic acids is 1. The van der Waals surface area contributed by atoms with Gasteiger partial charge in [-0.15, -0.1) is 0 Å². The molecule has 1 aliphatic rings. The number of benzene rings is 1. The molecule has 152 valence electrons. The van der Waals surface area contributed by atoms with E-state index >= 15 is 0 Å². The summed E-state index contributed by atoms with van der Waals surface area (Å²) in [5, 5.41) is 0.0503. The summed E-state index contributed by atoms with van der Waals surface area (Å²) in [4.78, 5) is 18.3. The summed E-state index contributed by atoms with van der Waals surface area (Å²) < 4.78 is 33.6. The number of hydrogen-bond donors (Lipinski definition) is 0. The fourth-order valence-electron chi connectivity index (χ4n) is 3.24. The molecule has 1 amide bonds. The van der Waals surface area contributed by atoms with Crippen LogP contribution in [0.3, 0.4) is 0 Å². The number of aromatic nitrogens is 2. The summed E-state index contributed by atoms with van der Waals surface area (Å²) in [6.45, 7) is 1.64. The molecule has 1 aromatic carbocycles. The minimum atomic E-state index is -3.62. The van der Waals surface area contributed by atoms with Crippen molar-refractivity contribution in [2.24, 2.45) is 7.05 Å². The third-order valence-corrected chi connectivity index (χ3v) is 6.66. The lowest BCUT2D eigenvalue weighted by atomic mass is 10.1. The molecule has 0 atom stereocenters. The maximum atomic E-state index is 12.7. The lowest BCUT2D eigenvalue weighted by molar-refractivity contribution is -0.131. The van der Waals surface area contributed by atoms with Gasteiger partial charge in [-0.25, -0.2) is 13.4 Å². The van der Waals surface area contributed by atoms with Crippen molar-refractivity contribution in [2.45, 2.75) is 24.3 Å². The molecule has 0 saturated carbocycles. The molecule has 1 saturated heterocycles. The van der Waals surface area contributed by atoms with E-state index < -0.39 is 10.0 Å². The van der Waals surface area contributed by atoms with Crippen LogP contribution < -0.4 is 4.74 Å². The Morgan fingerprint density at radius 3 is 2.54 bits per heavy atom. The van der Waals surface area contributed by atoms with Gasteiger partial charge in [0.05, 0.1) is 13.4 Å². The standard InChI is InChI=1S/C19H26N4O4S/c1-21-14-18(20-15-21)28(25,26)23-11-3-10-22(12-13-23)19(24)9-6-16-4-7-17(27-2)8-5-16/h4-5,7-8,14-15H,3,6,9-13H2,1-2H3. The number of hydrogen-bond acceptors (Lipinski definition) is 5. The van der Waals surface area contributed by atoms with Crippen LogP contribution in [0.25, 0.3) is 0 Å². The predicted molar refractivity (Wildman–Crippen MR) is 104 cm³/mol. The predicted octanol–water partition coefficient (Wildman–Crippen LogP) is 1.28. The van der Waals surface area contributed by atoms with Gasteiger partial charge in [-0.05, 0) is 30.5 Å². The van der Waals surface area contributed by atoms with Crippen LogP contribution in [0, 0.1) is 0 Å². The zero-order valence-corrected chi connectivity index (χ0v) is 17.1. The Labute approximate surface area is 165 Å². The number of ether oxygens (including phenoxy) is 1. The first-order valence-electron chi connectivity index (χ1n) is 9.29. The molecule has 1 fully saturated rings. The second-order valence-electron chi connectivity index (χ2n) is 6.86. The van der Waals surface area contributed by atoms with Gasteiger partial charge in [0, 0.05) is 45.8 Å². The van der Waals surface area contributed by atoms with Crippen molar-refractivity contribution < 1.29 is 17.9 Å². The first-order valence-corrected chi connectivity index (χ1v) is 10.7. The van der Waals surface area contributed by atoms with Gasteiger partial charge in [-0.3, -0.25) is 4.79 Å². The molecule has 1 aromatic heterocycles. The molecule has 1 aliphatic heterocycles. The maximum Gasteiger partial charge on any atom is 0.262 e. The molecule has 9 heteroatoms. The normalized spacial score (nSPS) is 16.0. The summed E-state index contributed by atoms with van der Waals surface area (Å²) in [6, 6.07) is 7.67. The smallest absolute Gasteiger partial charge is 0.262 e. The summed E-state index contributed by atoms with van der Waals surface area (Å²) in [5.74, 6) is 0.838. The molecule has 2 aromatic rings. The van der Waals surface area contributed by atoms with Crippen LogP contribution in [-0.2, 0) is 28.3 Å². The van der Waals surface area contributed by atoms with E-state index in [1.807, 2.05) is 24.3 Å². The molecule has 2 heterocycles. The second-order valence-corrected chi connectivity index (χ2v) is 8.75. The number of aryl methyl sites for hydroxylation is 2. The Bertz CT molecular complexity index is 908. The van der Waals surface area contributed by atoms with Crippen LogP contribution in [0.15, 0.2) is 41.8 Å². The van der Waals surface area contributed by atoms with Crippen molar-refractivity contribution in [2.75, 3.05) is 33.3 Å². The third-order valence-electron chi connectivity index (χ3n) is 4.88.